The van der Waals surface area contributed by atoms with E-state index in [0.717, 1.165) is 18.0 Å². The molecule has 0 saturated heterocycles. The van der Waals surface area contributed by atoms with Gasteiger partial charge in [-0.05, 0) is 47.9 Å². The van der Waals surface area contributed by atoms with E-state index < -0.39 is 11.2 Å². The van der Waals surface area contributed by atoms with Crippen LogP contribution in [0, 0.1) is 5.92 Å². The van der Waals surface area contributed by atoms with E-state index in [4.69, 9.17) is 32.9 Å². The van der Waals surface area contributed by atoms with Crippen LogP contribution in [0.2, 0.25) is 10.0 Å². The van der Waals surface area contributed by atoms with E-state index >= 15 is 0 Å². The molecule has 176 valence electrons. The summed E-state index contributed by atoms with van der Waals surface area (Å²) in [6.45, 7) is 3.51. The molecule has 2 aromatic heterocycles. The maximum atomic E-state index is 13.6. The van der Waals surface area contributed by atoms with E-state index in [2.05, 4.69) is 11.8 Å². The van der Waals surface area contributed by atoms with Gasteiger partial charge in [0.05, 0.1) is 13.7 Å². The number of aromatic nitrogens is 4. The van der Waals surface area contributed by atoms with Gasteiger partial charge in [0.15, 0.2) is 11.2 Å². The van der Waals surface area contributed by atoms with Crippen molar-refractivity contribution in [3.8, 4) is 5.75 Å². The first-order chi connectivity index (χ1) is 16.3. The lowest BCUT2D eigenvalue weighted by atomic mass is 10.1. The highest BCUT2D eigenvalue weighted by molar-refractivity contribution is 6.35. The average Bonchev–Trinajstić information content (AvgIpc) is 3.21. The highest BCUT2D eigenvalue weighted by atomic mass is 35.5. The first-order valence-electron chi connectivity index (χ1n) is 10.8. The summed E-state index contributed by atoms with van der Waals surface area (Å²) >= 11 is 12.3. The summed E-state index contributed by atoms with van der Waals surface area (Å²) in [6, 6.07) is 12.7. The summed E-state index contributed by atoms with van der Waals surface area (Å²) in [5.41, 5.74) is 1.47. The SMILES string of the molecule is COc1ccc(N2C[C@@H](C)Cn3c2nc2c3c(=O)n(Cc3ccc(Cl)cc3Cl)c(=O)n2C)cc1. The van der Waals surface area contributed by atoms with Crippen molar-refractivity contribution in [1.82, 2.24) is 18.7 Å². The first kappa shape index (κ1) is 22.6. The van der Waals surface area contributed by atoms with Gasteiger partial charge < -0.3 is 14.2 Å². The van der Waals surface area contributed by atoms with Crippen molar-refractivity contribution in [3.05, 3.63) is 78.9 Å². The number of imidazole rings is 1. The molecule has 34 heavy (non-hydrogen) atoms. The highest BCUT2D eigenvalue weighted by Crippen LogP contribution is 2.33. The Hall–Kier alpha value is -3.23. The van der Waals surface area contributed by atoms with Crippen molar-refractivity contribution in [3.63, 3.8) is 0 Å². The van der Waals surface area contributed by atoms with Crippen molar-refractivity contribution in [2.24, 2.45) is 13.0 Å². The quantitative estimate of drug-likeness (QED) is 0.423. The van der Waals surface area contributed by atoms with Gasteiger partial charge >= 0.3 is 5.69 Å². The average molecular weight is 500 g/mol. The Morgan fingerprint density at radius 2 is 1.82 bits per heavy atom. The third-order valence-corrected chi connectivity index (χ3v) is 6.76. The topological polar surface area (TPSA) is 74.3 Å². The van der Waals surface area contributed by atoms with Crippen LogP contribution in [0.5, 0.6) is 5.75 Å². The van der Waals surface area contributed by atoms with E-state index in [9.17, 15) is 9.59 Å². The number of fused-ring (bicyclic) bond motifs is 3. The molecule has 0 unspecified atom stereocenters. The van der Waals surface area contributed by atoms with Gasteiger partial charge in [-0.2, -0.15) is 4.98 Å². The van der Waals surface area contributed by atoms with Crippen molar-refractivity contribution < 1.29 is 4.74 Å². The summed E-state index contributed by atoms with van der Waals surface area (Å²) in [4.78, 5) is 33.6. The van der Waals surface area contributed by atoms with Crippen LogP contribution in [-0.4, -0.2) is 32.3 Å². The molecule has 3 heterocycles. The summed E-state index contributed by atoms with van der Waals surface area (Å²) in [6.07, 6.45) is 0. The van der Waals surface area contributed by atoms with Crippen LogP contribution in [0.1, 0.15) is 12.5 Å². The molecule has 0 fully saturated rings. The number of methoxy groups -OCH3 is 1. The van der Waals surface area contributed by atoms with Gasteiger partial charge in [0.1, 0.15) is 5.75 Å². The normalized spacial score (nSPS) is 15.6. The predicted octanol–water partition coefficient (Wildman–Crippen LogP) is 4.05. The van der Waals surface area contributed by atoms with Crippen molar-refractivity contribution >= 4 is 46.0 Å². The lowest BCUT2D eigenvalue weighted by Crippen LogP contribution is -2.40. The second-order valence-electron chi connectivity index (χ2n) is 8.58. The van der Waals surface area contributed by atoms with Gasteiger partial charge in [0.2, 0.25) is 5.95 Å². The summed E-state index contributed by atoms with van der Waals surface area (Å²) in [5, 5.41) is 0.887. The molecule has 0 bridgehead atoms. The minimum absolute atomic E-state index is 0.0374. The number of hydrogen-bond acceptors (Lipinski definition) is 5. The second-order valence-corrected chi connectivity index (χ2v) is 9.42. The van der Waals surface area contributed by atoms with E-state index in [1.54, 1.807) is 32.4 Å². The molecule has 0 N–H and O–H groups in total. The predicted molar refractivity (Wildman–Crippen MR) is 134 cm³/mol. The Bertz CT molecular complexity index is 1520. The minimum atomic E-state index is -0.456. The molecule has 1 aliphatic rings. The fraction of sp³-hybridized carbons (Fsp3) is 0.292. The first-order valence-corrected chi connectivity index (χ1v) is 11.6. The molecule has 1 aliphatic heterocycles. The maximum Gasteiger partial charge on any atom is 0.332 e. The maximum absolute atomic E-state index is 13.6. The van der Waals surface area contributed by atoms with Crippen LogP contribution in [0.3, 0.4) is 0 Å². The van der Waals surface area contributed by atoms with E-state index in [1.807, 2.05) is 28.8 Å². The third kappa shape index (κ3) is 3.67. The number of aryl methyl sites for hydroxylation is 1. The van der Waals surface area contributed by atoms with E-state index in [1.165, 1.54) is 9.13 Å². The van der Waals surface area contributed by atoms with Gasteiger partial charge in [0, 0.05) is 35.9 Å². The molecule has 0 amide bonds. The molecule has 10 heteroatoms. The van der Waals surface area contributed by atoms with Crippen LogP contribution in [0.15, 0.2) is 52.1 Å². The number of anilines is 2. The van der Waals surface area contributed by atoms with Crippen LogP contribution >= 0.6 is 23.2 Å². The minimum Gasteiger partial charge on any atom is -0.497 e. The molecule has 2 aromatic carbocycles. The van der Waals surface area contributed by atoms with Gasteiger partial charge in [-0.1, -0.05) is 36.2 Å². The van der Waals surface area contributed by atoms with E-state index in [0.29, 0.717) is 39.3 Å². The molecule has 4 aromatic rings. The smallest absolute Gasteiger partial charge is 0.332 e. The zero-order valence-electron chi connectivity index (χ0n) is 19.0. The zero-order chi connectivity index (χ0) is 24.1. The highest BCUT2D eigenvalue weighted by Gasteiger charge is 2.30. The molecule has 1 atom stereocenters. The van der Waals surface area contributed by atoms with Crippen LogP contribution in [0.25, 0.3) is 11.2 Å². The zero-order valence-corrected chi connectivity index (χ0v) is 20.5. The number of rotatable bonds is 4. The summed E-state index contributed by atoms with van der Waals surface area (Å²) in [5.74, 6) is 1.64. The van der Waals surface area contributed by atoms with Gasteiger partial charge in [0.25, 0.3) is 5.56 Å². The Morgan fingerprint density at radius 3 is 2.50 bits per heavy atom. The second kappa shape index (κ2) is 8.52. The van der Waals surface area contributed by atoms with Crippen molar-refractivity contribution in [2.75, 3.05) is 18.6 Å². The number of nitrogens with zero attached hydrogens (tertiary/aromatic N) is 5. The summed E-state index contributed by atoms with van der Waals surface area (Å²) < 4.78 is 9.81. The lowest BCUT2D eigenvalue weighted by Gasteiger charge is -2.33. The molecule has 5 rings (SSSR count). The van der Waals surface area contributed by atoms with E-state index in [-0.39, 0.29) is 12.5 Å². The van der Waals surface area contributed by atoms with Crippen LogP contribution in [0.4, 0.5) is 11.6 Å². The van der Waals surface area contributed by atoms with Gasteiger partial charge in [-0.25, -0.2) is 4.79 Å². The monoisotopic (exact) mass is 499 g/mol. The Kier molecular flexibility index (Phi) is 5.65. The summed E-state index contributed by atoms with van der Waals surface area (Å²) in [7, 11) is 3.25. The fourth-order valence-corrected chi connectivity index (χ4v) is 4.91. The Balaban J connectivity index is 1.69. The van der Waals surface area contributed by atoms with Crippen LogP contribution < -0.4 is 20.9 Å². The molecule has 0 spiro atoms. The molecule has 8 nitrogen and oxygen atoms in total. The van der Waals surface area contributed by atoms with Crippen molar-refractivity contribution in [1.29, 1.82) is 0 Å². The molecule has 0 radical (unpaired) electrons. The molecule has 0 saturated carbocycles. The molecular formula is C24H23Cl2N5O3. The number of ether oxygens (including phenoxy) is 1. The molecular weight excluding hydrogens is 477 g/mol. The number of hydrogen-bond donors (Lipinski definition) is 0. The van der Waals surface area contributed by atoms with Crippen LogP contribution in [-0.2, 0) is 20.1 Å². The Morgan fingerprint density at radius 1 is 1.09 bits per heavy atom. The van der Waals surface area contributed by atoms with Crippen molar-refractivity contribution in [2.45, 2.75) is 20.0 Å². The standard InChI is InChI=1S/C24H23Cl2N5O3/c1-14-11-29(17-6-8-18(34-3)9-7-17)23-27-21-20(30(23)12-14)22(32)31(24(33)28(21)2)13-15-4-5-16(25)10-19(15)26/h4-10,14H,11-13H2,1-3H3/t14-/m1/s1. The number of benzene rings is 2. The fourth-order valence-electron chi connectivity index (χ4n) is 4.44. The third-order valence-electron chi connectivity index (χ3n) is 6.17. The van der Waals surface area contributed by atoms with Gasteiger partial charge in [-0.15, -0.1) is 0 Å². The Labute approximate surface area is 205 Å². The molecule has 0 aliphatic carbocycles. The van der Waals surface area contributed by atoms with Gasteiger partial charge in [-0.3, -0.25) is 13.9 Å². The largest absolute Gasteiger partial charge is 0.497 e. The number of halogens is 2. The lowest BCUT2D eigenvalue weighted by molar-refractivity contribution is 0.414.